The van der Waals surface area contributed by atoms with Crippen molar-refractivity contribution in [3.8, 4) is 12.3 Å². The van der Waals surface area contributed by atoms with E-state index in [1.54, 1.807) is 12.1 Å². The normalized spacial score (nSPS) is 12.0. The fourth-order valence-corrected chi connectivity index (χ4v) is 5.66. The molecule has 0 fully saturated rings. The molecule has 1 amide bonds. The zero-order chi connectivity index (χ0) is 24.5. The molecule has 0 atom stereocenters. The molecule has 3 aromatic carbocycles. The van der Waals surface area contributed by atoms with Crippen LogP contribution in [0.25, 0.3) is 10.2 Å². The van der Waals surface area contributed by atoms with Gasteiger partial charge < -0.3 is 4.57 Å². The summed E-state index contributed by atoms with van der Waals surface area (Å²) in [6.07, 6.45) is 5.55. The minimum absolute atomic E-state index is 0.0958. The van der Waals surface area contributed by atoms with Crippen LogP contribution in [-0.2, 0) is 16.6 Å². The van der Waals surface area contributed by atoms with Gasteiger partial charge in [0.2, 0.25) is 0 Å². The van der Waals surface area contributed by atoms with E-state index in [2.05, 4.69) is 21.7 Å². The average Bonchev–Trinajstić information content (AvgIpc) is 3.11. The third-order valence-electron chi connectivity index (χ3n) is 5.05. The van der Waals surface area contributed by atoms with E-state index in [1.165, 1.54) is 23.5 Å². The summed E-state index contributed by atoms with van der Waals surface area (Å²) in [5.74, 6) is 1.53. The molecule has 172 valence electrons. The van der Waals surface area contributed by atoms with Crippen molar-refractivity contribution in [1.82, 2.24) is 4.57 Å². The van der Waals surface area contributed by atoms with Gasteiger partial charge in [0, 0.05) is 11.3 Å². The highest BCUT2D eigenvalue weighted by molar-refractivity contribution is 7.92. The quantitative estimate of drug-likeness (QED) is 0.412. The first-order valence-corrected chi connectivity index (χ1v) is 12.5. The molecule has 9 heteroatoms. The number of halogens is 1. The maximum atomic E-state index is 13.1. The number of terminal acetylenes is 1. The Hall–Kier alpha value is -3.74. The molecule has 4 aromatic rings. The molecule has 4 rings (SSSR count). The SMILES string of the molecule is C#CCn1c(=NC(=O)c2cccc(NS(=O)(=O)c3ccc(F)cc3)c2)sc2c(C)cc(C)cc21. The molecule has 0 saturated heterocycles. The van der Waals surface area contributed by atoms with Gasteiger partial charge in [-0.05, 0) is 73.5 Å². The molecular weight excluding hydrogens is 473 g/mol. The lowest BCUT2D eigenvalue weighted by molar-refractivity contribution is 0.0998. The topological polar surface area (TPSA) is 80.5 Å². The van der Waals surface area contributed by atoms with E-state index in [4.69, 9.17) is 6.42 Å². The van der Waals surface area contributed by atoms with Crippen LogP contribution in [0.15, 0.2) is 70.6 Å². The molecule has 0 aliphatic carbocycles. The van der Waals surface area contributed by atoms with Gasteiger partial charge in [-0.25, -0.2) is 12.8 Å². The molecule has 34 heavy (non-hydrogen) atoms. The number of hydrogen-bond donors (Lipinski definition) is 1. The highest BCUT2D eigenvalue weighted by Crippen LogP contribution is 2.24. The van der Waals surface area contributed by atoms with Gasteiger partial charge in [-0.3, -0.25) is 9.52 Å². The van der Waals surface area contributed by atoms with E-state index in [0.717, 1.165) is 45.6 Å². The summed E-state index contributed by atoms with van der Waals surface area (Å²) in [6.45, 7) is 4.24. The summed E-state index contributed by atoms with van der Waals surface area (Å²) >= 11 is 1.37. The first-order chi connectivity index (χ1) is 16.2. The smallest absolute Gasteiger partial charge is 0.279 e. The lowest BCUT2D eigenvalue weighted by atomic mass is 10.1. The second kappa shape index (κ2) is 9.25. The minimum Gasteiger partial charge on any atom is -0.305 e. The van der Waals surface area contributed by atoms with Crippen LogP contribution >= 0.6 is 11.3 Å². The lowest BCUT2D eigenvalue weighted by Gasteiger charge is -2.08. The molecule has 0 aliphatic rings. The number of sulfonamides is 1. The van der Waals surface area contributed by atoms with Crippen molar-refractivity contribution in [3.05, 3.63) is 88.0 Å². The van der Waals surface area contributed by atoms with Crippen molar-refractivity contribution in [2.45, 2.75) is 25.3 Å². The van der Waals surface area contributed by atoms with Gasteiger partial charge in [0.15, 0.2) is 4.80 Å². The van der Waals surface area contributed by atoms with E-state index < -0.39 is 21.7 Å². The van der Waals surface area contributed by atoms with Crippen LogP contribution in [0.5, 0.6) is 0 Å². The number of carbonyl (C=O) groups excluding carboxylic acids is 1. The van der Waals surface area contributed by atoms with Gasteiger partial charge in [-0.15, -0.1) is 6.42 Å². The molecule has 6 nitrogen and oxygen atoms in total. The Kier molecular flexibility index (Phi) is 6.37. The third-order valence-corrected chi connectivity index (χ3v) is 7.67. The van der Waals surface area contributed by atoms with Gasteiger partial charge >= 0.3 is 0 Å². The zero-order valence-corrected chi connectivity index (χ0v) is 20.0. The maximum absolute atomic E-state index is 13.1. The number of aromatic nitrogens is 1. The Labute approximate surface area is 200 Å². The van der Waals surface area contributed by atoms with Gasteiger partial charge in [0.25, 0.3) is 15.9 Å². The van der Waals surface area contributed by atoms with Crippen LogP contribution in [0.1, 0.15) is 21.5 Å². The highest BCUT2D eigenvalue weighted by Gasteiger charge is 2.16. The molecular formula is C25H20FN3O3S2. The van der Waals surface area contributed by atoms with E-state index in [-0.39, 0.29) is 22.7 Å². The summed E-state index contributed by atoms with van der Waals surface area (Å²) in [4.78, 5) is 17.6. The molecule has 0 bridgehead atoms. The van der Waals surface area contributed by atoms with Gasteiger partial charge in [0.1, 0.15) is 5.82 Å². The molecule has 1 N–H and O–H groups in total. The minimum atomic E-state index is -3.95. The lowest BCUT2D eigenvalue weighted by Crippen LogP contribution is -2.17. The maximum Gasteiger partial charge on any atom is 0.279 e. The Morgan fingerprint density at radius 3 is 2.59 bits per heavy atom. The van der Waals surface area contributed by atoms with Crippen LogP contribution < -0.4 is 9.52 Å². The van der Waals surface area contributed by atoms with Crippen molar-refractivity contribution in [1.29, 1.82) is 0 Å². The van der Waals surface area contributed by atoms with Crippen molar-refractivity contribution in [2.75, 3.05) is 4.72 Å². The van der Waals surface area contributed by atoms with E-state index >= 15 is 0 Å². The number of nitrogens with zero attached hydrogens (tertiary/aromatic N) is 2. The molecule has 0 radical (unpaired) electrons. The fraction of sp³-hybridized carbons (Fsp3) is 0.120. The summed E-state index contributed by atoms with van der Waals surface area (Å²) < 4.78 is 43.5. The van der Waals surface area contributed by atoms with E-state index in [9.17, 15) is 17.6 Å². The van der Waals surface area contributed by atoms with Gasteiger partial charge in [-0.2, -0.15) is 4.99 Å². The monoisotopic (exact) mass is 493 g/mol. The second-order valence-electron chi connectivity index (χ2n) is 7.66. The summed E-state index contributed by atoms with van der Waals surface area (Å²) in [5.41, 5.74) is 3.44. The number of nitrogens with one attached hydrogen (secondary N) is 1. The number of benzene rings is 3. The molecule has 0 saturated carbocycles. The highest BCUT2D eigenvalue weighted by atomic mass is 32.2. The Morgan fingerprint density at radius 1 is 1.15 bits per heavy atom. The number of fused-ring (bicyclic) bond motifs is 1. The number of thiazole rings is 1. The molecule has 0 unspecified atom stereocenters. The van der Waals surface area contributed by atoms with Crippen molar-refractivity contribution in [2.24, 2.45) is 4.99 Å². The van der Waals surface area contributed by atoms with Crippen LogP contribution in [0.4, 0.5) is 10.1 Å². The zero-order valence-electron chi connectivity index (χ0n) is 18.4. The Bertz CT molecular complexity index is 1630. The van der Waals surface area contributed by atoms with Crippen LogP contribution in [0, 0.1) is 32.0 Å². The number of rotatable bonds is 5. The first kappa shape index (κ1) is 23.4. The van der Waals surface area contributed by atoms with Gasteiger partial charge in [-0.1, -0.05) is 29.4 Å². The molecule has 0 spiro atoms. The number of aryl methyl sites for hydroxylation is 2. The fourth-order valence-electron chi connectivity index (χ4n) is 3.54. The summed E-state index contributed by atoms with van der Waals surface area (Å²) in [7, 11) is -3.95. The Morgan fingerprint density at radius 2 is 1.88 bits per heavy atom. The molecule has 1 heterocycles. The van der Waals surface area contributed by atoms with Crippen LogP contribution in [-0.4, -0.2) is 18.9 Å². The van der Waals surface area contributed by atoms with Crippen molar-refractivity contribution < 1.29 is 17.6 Å². The largest absolute Gasteiger partial charge is 0.305 e. The summed E-state index contributed by atoms with van der Waals surface area (Å²) in [6, 6.07) is 14.5. The predicted octanol–water partition coefficient (Wildman–Crippen LogP) is 4.63. The standard InChI is InChI=1S/C25H20FN3O3S2/c1-4-12-29-22-14-16(2)13-17(3)23(22)33-25(29)27-24(30)18-6-5-7-20(15-18)28-34(31,32)21-10-8-19(26)9-11-21/h1,5-11,13-15,28H,12H2,2-3H3. The van der Waals surface area contributed by atoms with Crippen LogP contribution in [0.2, 0.25) is 0 Å². The predicted molar refractivity (Wildman–Crippen MR) is 132 cm³/mol. The second-order valence-corrected chi connectivity index (χ2v) is 10.3. The van der Waals surface area contributed by atoms with Crippen LogP contribution in [0.3, 0.4) is 0 Å². The van der Waals surface area contributed by atoms with E-state index in [1.807, 2.05) is 24.5 Å². The number of amides is 1. The van der Waals surface area contributed by atoms with Crippen molar-refractivity contribution in [3.63, 3.8) is 0 Å². The summed E-state index contributed by atoms with van der Waals surface area (Å²) in [5, 5.41) is 0. The molecule has 1 aromatic heterocycles. The van der Waals surface area contributed by atoms with Crippen molar-refractivity contribution >= 4 is 43.2 Å². The number of hydrogen-bond acceptors (Lipinski definition) is 4. The average molecular weight is 494 g/mol. The number of carbonyl (C=O) groups is 1. The third kappa shape index (κ3) is 4.78. The first-order valence-electron chi connectivity index (χ1n) is 10.2. The van der Waals surface area contributed by atoms with E-state index in [0.29, 0.717) is 4.80 Å². The number of anilines is 1. The Balaban J connectivity index is 1.70. The molecule has 0 aliphatic heterocycles. The van der Waals surface area contributed by atoms with Gasteiger partial charge in [0.05, 0.1) is 21.7 Å².